The van der Waals surface area contributed by atoms with Gasteiger partial charge in [-0.3, -0.25) is 4.79 Å². The molecule has 0 aromatic heterocycles. The Balaban J connectivity index is 1.48. The van der Waals surface area contributed by atoms with Crippen molar-refractivity contribution in [1.29, 1.82) is 0 Å². The molecule has 0 bridgehead atoms. The smallest absolute Gasteiger partial charge is 0.336 e. The van der Waals surface area contributed by atoms with E-state index in [1.165, 1.54) is 25.5 Å². The molecule has 3 rings (SSSR count). The first-order valence-corrected chi connectivity index (χ1v) is 10.5. The normalized spacial score (nSPS) is 23.2. The molecule has 0 aliphatic heterocycles. The number of nitrogens with zero attached hydrogens (tertiary/aromatic N) is 1. The lowest BCUT2D eigenvalue weighted by Gasteiger charge is -2.38. The summed E-state index contributed by atoms with van der Waals surface area (Å²) in [4.78, 5) is 25.5. The van der Waals surface area contributed by atoms with Crippen LogP contribution < -0.4 is 10.5 Å². The Labute approximate surface area is 171 Å². The molecule has 1 atom stereocenters. The molecule has 2 fully saturated rings. The molecule has 1 aromatic carbocycles. The lowest BCUT2D eigenvalue weighted by Crippen LogP contribution is -2.52. The molecule has 0 saturated heterocycles. The second-order valence-electron chi connectivity index (χ2n) is 8.51. The van der Waals surface area contributed by atoms with E-state index in [1.54, 1.807) is 0 Å². The van der Waals surface area contributed by atoms with Crippen LogP contribution in [0.4, 0.5) is 4.39 Å². The van der Waals surface area contributed by atoms with Crippen LogP contribution in [-0.2, 0) is 4.79 Å². The third-order valence-electron chi connectivity index (χ3n) is 6.71. The molecule has 0 heterocycles. The molecule has 160 valence electrons. The number of carboxylic acid groups (broad SMARTS) is 1. The standard InChI is InChI=1S/C22H31FN2O4/c1-13-17(22(27)28)10-11-18(19(13)23)29-12-14-6-8-15(9-7-14)20(24)21(26)25(2)16-4-3-5-16/h10-11,14-16,20H,3-9,12,24H2,1-2H3,(H,27,28)/t14?,15?,20-/m0/s1. The molecular weight excluding hydrogens is 375 g/mol. The van der Waals surface area contributed by atoms with Gasteiger partial charge in [0.05, 0.1) is 18.2 Å². The number of hydrogen-bond acceptors (Lipinski definition) is 4. The van der Waals surface area contributed by atoms with E-state index in [-0.39, 0.29) is 34.6 Å². The van der Waals surface area contributed by atoms with E-state index in [0.29, 0.717) is 12.6 Å². The van der Waals surface area contributed by atoms with Gasteiger partial charge in [0.1, 0.15) is 0 Å². The Hall–Kier alpha value is -2.15. The highest BCUT2D eigenvalue weighted by molar-refractivity contribution is 5.89. The molecule has 1 amide bonds. The number of halogens is 1. The number of carboxylic acids is 1. The van der Waals surface area contributed by atoms with Crippen LogP contribution in [0.25, 0.3) is 0 Å². The molecule has 7 heteroatoms. The summed E-state index contributed by atoms with van der Waals surface area (Å²) in [5.74, 6) is -1.19. The molecular formula is C22H31FN2O4. The highest BCUT2D eigenvalue weighted by atomic mass is 19.1. The fourth-order valence-electron chi connectivity index (χ4n) is 4.32. The maximum Gasteiger partial charge on any atom is 0.336 e. The second kappa shape index (κ2) is 9.11. The van der Waals surface area contributed by atoms with Gasteiger partial charge >= 0.3 is 5.97 Å². The first-order valence-electron chi connectivity index (χ1n) is 10.5. The largest absolute Gasteiger partial charge is 0.490 e. The summed E-state index contributed by atoms with van der Waals surface area (Å²) in [6.07, 6.45) is 6.81. The summed E-state index contributed by atoms with van der Waals surface area (Å²) >= 11 is 0. The zero-order valence-electron chi connectivity index (χ0n) is 17.2. The Morgan fingerprint density at radius 3 is 2.45 bits per heavy atom. The lowest BCUT2D eigenvalue weighted by atomic mass is 9.78. The van der Waals surface area contributed by atoms with Gasteiger partial charge in [0.2, 0.25) is 5.91 Å². The van der Waals surface area contributed by atoms with Crippen molar-refractivity contribution in [2.75, 3.05) is 13.7 Å². The summed E-state index contributed by atoms with van der Waals surface area (Å²) in [5, 5.41) is 9.06. The first kappa shape index (κ1) is 21.6. The van der Waals surface area contributed by atoms with Crippen molar-refractivity contribution in [1.82, 2.24) is 4.90 Å². The molecule has 2 saturated carbocycles. The summed E-state index contributed by atoms with van der Waals surface area (Å²) in [6.45, 7) is 1.82. The Morgan fingerprint density at radius 1 is 1.24 bits per heavy atom. The van der Waals surface area contributed by atoms with E-state index < -0.39 is 17.8 Å². The molecule has 2 aliphatic carbocycles. The number of carbonyl (C=O) groups is 2. The lowest BCUT2D eigenvalue weighted by molar-refractivity contribution is -0.136. The van der Waals surface area contributed by atoms with Crippen molar-refractivity contribution in [2.45, 2.75) is 64.0 Å². The zero-order chi connectivity index (χ0) is 21.1. The number of nitrogens with two attached hydrogens (primary N) is 1. The highest BCUT2D eigenvalue weighted by Gasteiger charge is 2.34. The summed E-state index contributed by atoms with van der Waals surface area (Å²) in [5.41, 5.74) is 6.30. The summed E-state index contributed by atoms with van der Waals surface area (Å²) in [7, 11) is 1.86. The van der Waals surface area contributed by atoms with Crippen LogP contribution in [0.5, 0.6) is 5.75 Å². The number of rotatable bonds is 7. The van der Waals surface area contributed by atoms with Gasteiger partial charge < -0.3 is 20.5 Å². The maximum absolute atomic E-state index is 14.4. The number of aromatic carboxylic acids is 1. The van der Waals surface area contributed by atoms with Crippen molar-refractivity contribution >= 4 is 11.9 Å². The average molecular weight is 406 g/mol. The SMILES string of the molecule is Cc1c(C(=O)O)ccc(OCC2CCC([C@H](N)C(=O)N(C)C3CCC3)CC2)c1F. The van der Waals surface area contributed by atoms with E-state index in [1.807, 2.05) is 11.9 Å². The topological polar surface area (TPSA) is 92.9 Å². The molecule has 3 N–H and O–H groups in total. The van der Waals surface area contributed by atoms with Crippen molar-refractivity contribution in [3.05, 3.63) is 29.1 Å². The summed E-state index contributed by atoms with van der Waals surface area (Å²) in [6, 6.07) is 2.65. The van der Waals surface area contributed by atoms with E-state index in [9.17, 15) is 14.0 Å². The molecule has 0 unspecified atom stereocenters. The molecule has 0 spiro atoms. The number of likely N-dealkylation sites (N-methyl/N-ethyl adjacent to an activating group) is 1. The molecule has 0 radical (unpaired) electrons. The third kappa shape index (κ3) is 4.71. The number of carbonyl (C=O) groups excluding carboxylic acids is 1. The minimum atomic E-state index is -1.15. The van der Waals surface area contributed by atoms with E-state index in [0.717, 1.165) is 38.5 Å². The minimum absolute atomic E-state index is 0.0467. The van der Waals surface area contributed by atoms with Gasteiger partial charge in [0.25, 0.3) is 0 Å². The zero-order valence-corrected chi connectivity index (χ0v) is 17.2. The monoisotopic (exact) mass is 406 g/mol. The Bertz CT molecular complexity index is 757. The van der Waals surface area contributed by atoms with Crippen LogP contribution >= 0.6 is 0 Å². The maximum atomic E-state index is 14.4. The van der Waals surface area contributed by atoms with Gasteiger partial charge in [-0.2, -0.15) is 0 Å². The molecule has 2 aliphatic rings. The number of ether oxygens (including phenoxy) is 1. The fraction of sp³-hybridized carbons (Fsp3) is 0.636. The molecule has 29 heavy (non-hydrogen) atoms. The highest BCUT2D eigenvalue weighted by Crippen LogP contribution is 2.33. The van der Waals surface area contributed by atoms with E-state index in [2.05, 4.69) is 0 Å². The van der Waals surface area contributed by atoms with Crippen LogP contribution in [0, 0.1) is 24.6 Å². The Morgan fingerprint density at radius 2 is 1.90 bits per heavy atom. The van der Waals surface area contributed by atoms with Crippen LogP contribution in [-0.4, -0.2) is 47.6 Å². The van der Waals surface area contributed by atoms with Crippen LogP contribution in [0.15, 0.2) is 12.1 Å². The van der Waals surface area contributed by atoms with Gasteiger partial charge in [0.15, 0.2) is 11.6 Å². The van der Waals surface area contributed by atoms with E-state index in [4.69, 9.17) is 15.6 Å². The van der Waals surface area contributed by atoms with Gasteiger partial charge in [-0.05, 0) is 75.8 Å². The predicted octanol–water partition coefficient (Wildman–Crippen LogP) is 3.36. The quantitative estimate of drug-likeness (QED) is 0.724. The van der Waals surface area contributed by atoms with Crippen molar-refractivity contribution in [3.8, 4) is 5.75 Å². The number of hydrogen-bond donors (Lipinski definition) is 2. The molecule has 1 aromatic rings. The van der Waals surface area contributed by atoms with E-state index >= 15 is 0 Å². The predicted molar refractivity (Wildman–Crippen MR) is 107 cm³/mol. The number of amides is 1. The van der Waals surface area contributed by atoms with Crippen LogP contribution in [0.3, 0.4) is 0 Å². The van der Waals surface area contributed by atoms with Crippen molar-refractivity contribution in [2.24, 2.45) is 17.6 Å². The van der Waals surface area contributed by atoms with Crippen LogP contribution in [0.1, 0.15) is 60.9 Å². The van der Waals surface area contributed by atoms with Gasteiger partial charge in [-0.1, -0.05) is 0 Å². The van der Waals surface area contributed by atoms with Gasteiger partial charge in [0, 0.05) is 18.7 Å². The van der Waals surface area contributed by atoms with Crippen LogP contribution in [0.2, 0.25) is 0 Å². The van der Waals surface area contributed by atoms with Crippen molar-refractivity contribution < 1.29 is 23.8 Å². The van der Waals surface area contributed by atoms with Crippen molar-refractivity contribution in [3.63, 3.8) is 0 Å². The Kier molecular flexibility index (Phi) is 6.77. The average Bonchev–Trinajstić information content (AvgIpc) is 2.66. The third-order valence-corrected chi connectivity index (χ3v) is 6.71. The second-order valence-corrected chi connectivity index (χ2v) is 8.51. The number of benzene rings is 1. The minimum Gasteiger partial charge on any atom is -0.490 e. The van der Waals surface area contributed by atoms with Gasteiger partial charge in [-0.25, -0.2) is 9.18 Å². The first-order chi connectivity index (χ1) is 13.8. The summed E-state index contributed by atoms with van der Waals surface area (Å²) < 4.78 is 20.0. The van der Waals surface area contributed by atoms with Gasteiger partial charge in [-0.15, -0.1) is 0 Å². The fourth-order valence-corrected chi connectivity index (χ4v) is 4.32. The molecule has 6 nitrogen and oxygen atoms in total.